The van der Waals surface area contributed by atoms with E-state index < -0.39 is 0 Å². The van der Waals surface area contributed by atoms with Crippen molar-refractivity contribution in [3.63, 3.8) is 0 Å². The van der Waals surface area contributed by atoms with Crippen LogP contribution in [0.3, 0.4) is 0 Å². The van der Waals surface area contributed by atoms with Gasteiger partial charge in [-0.1, -0.05) is 5.16 Å². The lowest BCUT2D eigenvalue weighted by Crippen LogP contribution is -2.48. The highest BCUT2D eigenvalue weighted by Gasteiger charge is 2.26. The first kappa shape index (κ1) is 18.1. The van der Waals surface area contributed by atoms with Crippen molar-refractivity contribution in [3.8, 4) is 0 Å². The summed E-state index contributed by atoms with van der Waals surface area (Å²) in [6.07, 6.45) is 0. The monoisotopic (exact) mass is 386 g/mol. The minimum Gasteiger partial charge on any atom is -0.360 e. The maximum absolute atomic E-state index is 12.9. The minimum absolute atomic E-state index is 0.00540. The molecule has 2 aliphatic rings. The lowest BCUT2D eigenvalue weighted by Gasteiger charge is -2.34. The quantitative estimate of drug-likeness (QED) is 0.873. The SMILES string of the molecule is Cc1cc(CN2CCN(C(=O)c3ccc4c(c3)NC(=O)C(C)S4)CC2)on1. The van der Waals surface area contributed by atoms with Gasteiger partial charge in [-0.05, 0) is 32.0 Å². The molecule has 0 saturated carbocycles. The number of thioether (sulfide) groups is 1. The summed E-state index contributed by atoms with van der Waals surface area (Å²) in [5.41, 5.74) is 2.22. The number of rotatable bonds is 3. The molecule has 1 atom stereocenters. The Labute approximate surface area is 162 Å². The van der Waals surface area contributed by atoms with E-state index in [2.05, 4.69) is 15.4 Å². The molecule has 0 radical (unpaired) electrons. The third-order valence-corrected chi connectivity index (χ3v) is 6.05. The number of hydrogen-bond acceptors (Lipinski definition) is 6. The van der Waals surface area contributed by atoms with Crippen molar-refractivity contribution in [2.75, 3.05) is 31.5 Å². The largest absolute Gasteiger partial charge is 0.360 e. The smallest absolute Gasteiger partial charge is 0.254 e. The molecule has 1 unspecified atom stereocenters. The van der Waals surface area contributed by atoms with Crippen molar-refractivity contribution in [1.29, 1.82) is 0 Å². The van der Waals surface area contributed by atoms with Gasteiger partial charge in [0.15, 0.2) is 5.76 Å². The zero-order valence-electron chi connectivity index (χ0n) is 15.4. The van der Waals surface area contributed by atoms with Crippen LogP contribution in [0.25, 0.3) is 0 Å². The van der Waals surface area contributed by atoms with E-state index in [1.165, 1.54) is 11.8 Å². The molecule has 0 aliphatic carbocycles. The predicted octanol–water partition coefficient (Wildman–Crippen LogP) is 2.37. The van der Waals surface area contributed by atoms with Crippen molar-refractivity contribution in [2.24, 2.45) is 0 Å². The van der Waals surface area contributed by atoms with E-state index >= 15 is 0 Å². The molecule has 2 amide bonds. The summed E-state index contributed by atoms with van der Waals surface area (Å²) >= 11 is 1.52. The number of fused-ring (bicyclic) bond motifs is 1. The number of benzene rings is 1. The highest BCUT2D eigenvalue weighted by molar-refractivity contribution is 8.00. The number of nitrogens with zero attached hydrogens (tertiary/aromatic N) is 3. The molecule has 4 rings (SSSR count). The lowest BCUT2D eigenvalue weighted by atomic mass is 10.1. The van der Waals surface area contributed by atoms with Crippen LogP contribution < -0.4 is 5.32 Å². The molecular weight excluding hydrogens is 364 g/mol. The standard InChI is InChI=1S/C19H22N4O3S/c1-12-9-15(26-21-12)11-22-5-7-23(8-6-22)19(25)14-3-4-17-16(10-14)20-18(24)13(2)27-17/h3-4,9-10,13H,5-8,11H2,1-2H3,(H,20,24). The number of carbonyl (C=O) groups excluding carboxylic acids is 2. The minimum atomic E-state index is -0.111. The van der Waals surface area contributed by atoms with Gasteiger partial charge in [0.05, 0.1) is 23.2 Å². The van der Waals surface area contributed by atoms with Crippen molar-refractivity contribution in [2.45, 2.75) is 30.5 Å². The second-order valence-corrected chi connectivity index (χ2v) is 8.35. The first-order valence-corrected chi connectivity index (χ1v) is 9.93. The van der Waals surface area contributed by atoms with E-state index in [4.69, 9.17) is 4.52 Å². The first-order valence-electron chi connectivity index (χ1n) is 9.05. The van der Waals surface area contributed by atoms with Crippen LogP contribution in [0.1, 0.15) is 28.7 Å². The van der Waals surface area contributed by atoms with Gasteiger partial charge in [0, 0.05) is 42.7 Å². The highest BCUT2D eigenvalue weighted by atomic mass is 32.2. The predicted molar refractivity (Wildman–Crippen MR) is 103 cm³/mol. The second kappa shape index (κ2) is 7.36. The molecule has 1 fully saturated rings. The van der Waals surface area contributed by atoms with Gasteiger partial charge in [-0.25, -0.2) is 0 Å². The summed E-state index contributed by atoms with van der Waals surface area (Å²) in [5.74, 6) is 0.837. The van der Waals surface area contributed by atoms with Crippen molar-refractivity contribution in [3.05, 3.63) is 41.3 Å². The summed E-state index contributed by atoms with van der Waals surface area (Å²) in [6.45, 7) is 7.41. The zero-order valence-corrected chi connectivity index (χ0v) is 16.2. The van der Waals surface area contributed by atoms with Gasteiger partial charge in [-0.3, -0.25) is 14.5 Å². The molecule has 0 bridgehead atoms. The summed E-state index contributed by atoms with van der Waals surface area (Å²) in [6, 6.07) is 7.50. The molecular formula is C19H22N4O3S. The molecule has 0 spiro atoms. The number of anilines is 1. The molecule has 1 aromatic heterocycles. The molecule has 1 aromatic carbocycles. The van der Waals surface area contributed by atoms with Crippen LogP contribution in [-0.4, -0.2) is 58.2 Å². The lowest BCUT2D eigenvalue weighted by molar-refractivity contribution is -0.115. The Morgan fingerprint density at radius 3 is 2.78 bits per heavy atom. The molecule has 27 heavy (non-hydrogen) atoms. The Morgan fingerprint density at radius 1 is 1.30 bits per heavy atom. The highest BCUT2D eigenvalue weighted by Crippen LogP contribution is 2.36. The Bertz CT molecular complexity index is 874. The molecule has 1 N–H and O–H groups in total. The van der Waals surface area contributed by atoms with E-state index in [1.807, 2.05) is 36.9 Å². The molecule has 2 aromatic rings. The Balaban J connectivity index is 1.38. The number of aryl methyl sites for hydroxylation is 1. The van der Waals surface area contributed by atoms with Gasteiger partial charge in [-0.15, -0.1) is 11.8 Å². The van der Waals surface area contributed by atoms with Gasteiger partial charge in [0.2, 0.25) is 5.91 Å². The van der Waals surface area contributed by atoms with Gasteiger partial charge < -0.3 is 14.7 Å². The topological polar surface area (TPSA) is 78.7 Å². The fourth-order valence-corrected chi connectivity index (χ4v) is 4.28. The van der Waals surface area contributed by atoms with Crippen LogP contribution >= 0.6 is 11.8 Å². The fraction of sp³-hybridized carbons (Fsp3) is 0.421. The van der Waals surface area contributed by atoms with Gasteiger partial charge >= 0.3 is 0 Å². The summed E-state index contributed by atoms with van der Waals surface area (Å²) < 4.78 is 5.27. The Morgan fingerprint density at radius 2 is 2.07 bits per heavy atom. The fourth-order valence-electron chi connectivity index (χ4n) is 3.34. The van der Waals surface area contributed by atoms with E-state index in [9.17, 15) is 9.59 Å². The van der Waals surface area contributed by atoms with E-state index in [0.29, 0.717) is 25.2 Å². The number of carbonyl (C=O) groups is 2. The van der Waals surface area contributed by atoms with Crippen molar-refractivity contribution < 1.29 is 14.1 Å². The third kappa shape index (κ3) is 3.86. The van der Waals surface area contributed by atoms with Crippen molar-refractivity contribution in [1.82, 2.24) is 15.0 Å². The van der Waals surface area contributed by atoms with Gasteiger partial charge in [-0.2, -0.15) is 0 Å². The summed E-state index contributed by atoms with van der Waals surface area (Å²) in [5, 5.41) is 6.69. The van der Waals surface area contributed by atoms with Crippen LogP contribution in [0.5, 0.6) is 0 Å². The normalized spacial score (nSPS) is 20.3. The Kier molecular flexibility index (Phi) is 4.92. The van der Waals surface area contributed by atoms with Crippen molar-refractivity contribution >= 4 is 29.3 Å². The second-order valence-electron chi connectivity index (χ2n) is 6.96. The summed E-state index contributed by atoms with van der Waals surface area (Å²) in [4.78, 5) is 29.9. The van der Waals surface area contributed by atoms with Crippen LogP contribution in [-0.2, 0) is 11.3 Å². The molecule has 7 nitrogen and oxygen atoms in total. The van der Waals surface area contributed by atoms with Gasteiger partial charge in [0.25, 0.3) is 5.91 Å². The van der Waals surface area contributed by atoms with E-state index in [1.54, 1.807) is 6.07 Å². The number of aromatic nitrogens is 1. The summed E-state index contributed by atoms with van der Waals surface area (Å²) in [7, 11) is 0. The molecule has 142 valence electrons. The average molecular weight is 386 g/mol. The van der Waals surface area contributed by atoms with Crippen LogP contribution in [0.15, 0.2) is 33.7 Å². The van der Waals surface area contributed by atoms with E-state index in [0.717, 1.165) is 35.1 Å². The maximum Gasteiger partial charge on any atom is 0.254 e. The van der Waals surface area contributed by atoms with Crippen LogP contribution in [0, 0.1) is 6.92 Å². The van der Waals surface area contributed by atoms with Crippen LogP contribution in [0.2, 0.25) is 0 Å². The number of amides is 2. The average Bonchev–Trinajstić information content (AvgIpc) is 3.07. The molecule has 3 heterocycles. The van der Waals surface area contributed by atoms with Crippen LogP contribution in [0.4, 0.5) is 5.69 Å². The Hall–Kier alpha value is -2.32. The number of piperazine rings is 1. The molecule has 1 saturated heterocycles. The molecule has 2 aliphatic heterocycles. The molecule has 8 heteroatoms. The number of hydrogen-bond donors (Lipinski definition) is 1. The third-order valence-electron chi connectivity index (χ3n) is 4.87. The van der Waals surface area contributed by atoms with Gasteiger partial charge in [0.1, 0.15) is 0 Å². The first-order chi connectivity index (χ1) is 13.0. The maximum atomic E-state index is 12.9. The van der Waals surface area contributed by atoms with E-state index in [-0.39, 0.29) is 17.1 Å². The number of nitrogens with one attached hydrogen (secondary N) is 1. The zero-order chi connectivity index (χ0) is 19.0.